The van der Waals surface area contributed by atoms with Crippen molar-refractivity contribution in [3.8, 4) is 0 Å². The molecule has 5 N–H and O–H groups in total. The van der Waals surface area contributed by atoms with Crippen molar-refractivity contribution < 1.29 is 15.0 Å². The largest absolute Gasteiger partial charge is 0.394 e. The summed E-state index contributed by atoms with van der Waals surface area (Å²) < 4.78 is 0. The number of aliphatic hydroxyl groups excluding tert-OH is 2. The summed E-state index contributed by atoms with van der Waals surface area (Å²) in [4.78, 5) is 11.7. The summed E-state index contributed by atoms with van der Waals surface area (Å²) in [6.07, 6.45) is 2.63. The number of nitrogens with one attached hydrogen (secondary N) is 1. The lowest BCUT2D eigenvalue weighted by Gasteiger charge is -2.39. The van der Waals surface area contributed by atoms with Crippen LogP contribution < -0.4 is 11.1 Å². The number of rotatable bonds is 5. The minimum Gasteiger partial charge on any atom is -0.394 e. The van der Waals surface area contributed by atoms with Crippen molar-refractivity contribution in [3.05, 3.63) is 0 Å². The summed E-state index contributed by atoms with van der Waals surface area (Å²) >= 11 is 0. The average molecular weight is 202 g/mol. The van der Waals surface area contributed by atoms with Crippen molar-refractivity contribution in [3.63, 3.8) is 0 Å². The van der Waals surface area contributed by atoms with Crippen molar-refractivity contribution >= 4 is 5.91 Å². The SMILES string of the molecule is NCC1(C(=O)NC(CO)CO)CCC1. The smallest absolute Gasteiger partial charge is 0.227 e. The monoisotopic (exact) mass is 202 g/mol. The minimum atomic E-state index is -0.563. The van der Waals surface area contributed by atoms with Crippen molar-refractivity contribution in [2.24, 2.45) is 11.1 Å². The highest BCUT2D eigenvalue weighted by atomic mass is 16.3. The topological polar surface area (TPSA) is 95.6 Å². The first-order chi connectivity index (χ1) is 6.68. The maximum Gasteiger partial charge on any atom is 0.227 e. The summed E-state index contributed by atoms with van der Waals surface area (Å²) in [6, 6.07) is -0.563. The Labute approximate surface area is 83.3 Å². The summed E-state index contributed by atoms with van der Waals surface area (Å²) in [5.74, 6) is -0.139. The molecule has 5 nitrogen and oxygen atoms in total. The molecule has 82 valence electrons. The van der Waals surface area contributed by atoms with Gasteiger partial charge in [-0.1, -0.05) is 6.42 Å². The molecule has 0 aromatic rings. The van der Waals surface area contributed by atoms with Crippen LogP contribution in [0.2, 0.25) is 0 Å². The van der Waals surface area contributed by atoms with Crippen LogP contribution in [0.3, 0.4) is 0 Å². The Hall–Kier alpha value is -0.650. The van der Waals surface area contributed by atoms with Crippen molar-refractivity contribution in [2.75, 3.05) is 19.8 Å². The molecule has 14 heavy (non-hydrogen) atoms. The molecule has 0 atom stereocenters. The molecule has 0 radical (unpaired) electrons. The second kappa shape index (κ2) is 4.72. The van der Waals surface area contributed by atoms with Gasteiger partial charge in [-0.2, -0.15) is 0 Å². The van der Waals surface area contributed by atoms with E-state index in [0.29, 0.717) is 6.54 Å². The molecule has 1 aliphatic rings. The van der Waals surface area contributed by atoms with Crippen molar-refractivity contribution in [1.29, 1.82) is 0 Å². The molecule has 0 unspecified atom stereocenters. The van der Waals surface area contributed by atoms with Crippen LogP contribution in [0, 0.1) is 5.41 Å². The van der Waals surface area contributed by atoms with Crippen LogP contribution in [0.25, 0.3) is 0 Å². The Balaban J connectivity index is 2.47. The van der Waals surface area contributed by atoms with Gasteiger partial charge in [-0.05, 0) is 12.8 Å². The zero-order valence-corrected chi connectivity index (χ0v) is 8.20. The van der Waals surface area contributed by atoms with Gasteiger partial charge in [0.1, 0.15) is 0 Å². The summed E-state index contributed by atoms with van der Waals surface area (Å²) in [5.41, 5.74) is 5.10. The molecule has 0 bridgehead atoms. The minimum absolute atomic E-state index is 0.139. The van der Waals surface area contributed by atoms with Crippen LogP contribution in [0.15, 0.2) is 0 Å². The standard InChI is InChI=1S/C9H18N2O3/c10-6-9(2-1-3-9)8(14)11-7(4-12)5-13/h7,12-13H,1-6,10H2,(H,11,14). The lowest BCUT2D eigenvalue weighted by molar-refractivity contribution is -0.136. The van der Waals surface area contributed by atoms with Crippen LogP contribution >= 0.6 is 0 Å². The van der Waals surface area contributed by atoms with Crippen molar-refractivity contribution in [1.82, 2.24) is 5.32 Å². The van der Waals surface area contributed by atoms with Gasteiger partial charge in [-0.3, -0.25) is 4.79 Å². The molecule has 5 heteroatoms. The van der Waals surface area contributed by atoms with Crippen LogP contribution in [-0.4, -0.2) is 41.9 Å². The second-order valence-corrected chi connectivity index (χ2v) is 3.87. The number of hydrogen-bond acceptors (Lipinski definition) is 4. The van der Waals surface area contributed by atoms with E-state index < -0.39 is 11.5 Å². The van der Waals surface area contributed by atoms with E-state index in [4.69, 9.17) is 15.9 Å². The molecule has 1 fully saturated rings. The molecule has 1 aliphatic carbocycles. The Bertz CT molecular complexity index is 195. The Morgan fingerprint density at radius 3 is 2.29 bits per heavy atom. The third kappa shape index (κ3) is 2.05. The van der Waals surface area contributed by atoms with Gasteiger partial charge in [-0.15, -0.1) is 0 Å². The molecule has 1 amide bonds. The molecule has 1 saturated carbocycles. The summed E-state index contributed by atoms with van der Waals surface area (Å²) in [7, 11) is 0. The quantitative estimate of drug-likeness (QED) is 0.440. The first-order valence-corrected chi connectivity index (χ1v) is 4.91. The molecular formula is C9H18N2O3. The lowest BCUT2D eigenvalue weighted by Crippen LogP contribution is -2.54. The third-order valence-electron chi connectivity index (χ3n) is 2.96. The van der Waals surface area contributed by atoms with E-state index in [2.05, 4.69) is 5.32 Å². The Kier molecular flexibility index (Phi) is 3.86. The number of hydrogen-bond donors (Lipinski definition) is 4. The number of carbonyl (C=O) groups is 1. The van der Waals surface area contributed by atoms with Crippen molar-refractivity contribution in [2.45, 2.75) is 25.3 Å². The number of aliphatic hydroxyl groups is 2. The predicted molar refractivity (Wildman–Crippen MR) is 51.4 cm³/mol. The summed E-state index contributed by atoms with van der Waals surface area (Å²) in [5, 5.41) is 20.2. The lowest BCUT2D eigenvalue weighted by atomic mass is 9.68. The molecule has 0 aromatic heterocycles. The molecule has 0 aromatic carbocycles. The van der Waals surface area contributed by atoms with E-state index in [-0.39, 0.29) is 19.1 Å². The van der Waals surface area contributed by atoms with E-state index in [9.17, 15) is 4.79 Å². The van der Waals surface area contributed by atoms with Crippen LogP contribution in [0.5, 0.6) is 0 Å². The Morgan fingerprint density at radius 1 is 1.43 bits per heavy atom. The fraction of sp³-hybridized carbons (Fsp3) is 0.889. The molecular weight excluding hydrogens is 184 g/mol. The van der Waals surface area contributed by atoms with E-state index in [1.54, 1.807) is 0 Å². The first-order valence-electron chi connectivity index (χ1n) is 4.91. The van der Waals surface area contributed by atoms with Gasteiger partial charge >= 0.3 is 0 Å². The number of carbonyl (C=O) groups excluding carboxylic acids is 1. The van der Waals surface area contributed by atoms with Crippen LogP contribution in [0.4, 0.5) is 0 Å². The maximum atomic E-state index is 11.7. The van der Waals surface area contributed by atoms with Gasteiger partial charge in [0, 0.05) is 6.54 Å². The Morgan fingerprint density at radius 2 is 2.00 bits per heavy atom. The fourth-order valence-corrected chi connectivity index (χ4v) is 1.61. The maximum absolute atomic E-state index is 11.7. The zero-order valence-electron chi connectivity index (χ0n) is 8.20. The molecule has 0 saturated heterocycles. The van der Waals surface area contributed by atoms with E-state index in [0.717, 1.165) is 19.3 Å². The third-order valence-corrected chi connectivity index (χ3v) is 2.96. The van der Waals surface area contributed by atoms with E-state index in [1.807, 2.05) is 0 Å². The van der Waals surface area contributed by atoms with Gasteiger partial charge in [0.25, 0.3) is 0 Å². The normalized spacial score (nSPS) is 19.1. The van der Waals surface area contributed by atoms with Crippen LogP contribution in [0.1, 0.15) is 19.3 Å². The van der Waals surface area contributed by atoms with Gasteiger partial charge in [0.15, 0.2) is 0 Å². The van der Waals surface area contributed by atoms with E-state index >= 15 is 0 Å². The van der Waals surface area contributed by atoms with Gasteiger partial charge in [-0.25, -0.2) is 0 Å². The highest BCUT2D eigenvalue weighted by molar-refractivity contribution is 5.84. The fourth-order valence-electron chi connectivity index (χ4n) is 1.61. The number of nitrogens with two attached hydrogens (primary N) is 1. The van der Waals surface area contributed by atoms with Gasteiger partial charge in [0.05, 0.1) is 24.7 Å². The second-order valence-electron chi connectivity index (χ2n) is 3.87. The zero-order chi connectivity index (χ0) is 10.6. The average Bonchev–Trinajstić information content (AvgIpc) is 2.13. The first kappa shape index (κ1) is 11.4. The number of amides is 1. The molecule has 1 rings (SSSR count). The molecule has 0 heterocycles. The van der Waals surface area contributed by atoms with Crippen LogP contribution in [-0.2, 0) is 4.79 Å². The highest BCUT2D eigenvalue weighted by Gasteiger charge is 2.43. The van der Waals surface area contributed by atoms with E-state index in [1.165, 1.54) is 0 Å². The summed E-state index contributed by atoms with van der Waals surface area (Å²) in [6.45, 7) is -0.159. The van der Waals surface area contributed by atoms with Gasteiger partial charge < -0.3 is 21.3 Å². The highest BCUT2D eigenvalue weighted by Crippen LogP contribution is 2.40. The molecule has 0 aliphatic heterocycles. The molecule has 0 spiro atoms. The predicted octanol–water partition coefficient (Wildman–Crippen LogP) is -1.42. The van der Waals surface area contributed by atoms with Gasteiger partial charge in [0.2, 0.25) is 5.91 Å².